The zero-order chi connectivity index (χ0) is 23.2. The fourth-order valence-corrected chi connectivity index (χ4v) is 3.95. The first-order valence-corrected chi connectivity index (χ1v) is 12.0. The zero-order valence-electron chi connectivity index (χ0n) is 19.8. The van der Waals surface area contributed by atoms with Crippen molar-refractivity contribution in [1.82, 2.24) is 20.3 Å². The number of carbonyl (C=O) groups excluding carboxylic acids is 1. The van der Waals surface area contributed by atoms with Crippen molar-refractivity contribution in [2.75, 3.05) is 6.61 Å². The van der Waals surface area contributed by atoms with Gasteiger partial charge in [0.2, 0.25) is 5.91 Å². The van der Waals surface area contributed by atoms with Gasteiger partial charge in [0.1, 0.15) is 5.75 Å². The number of carbonyl (C=O) groups is 1. The molecule has 1 aliphatic rings. The van der Waals surface area contributed by atoms with Crippen LogP contribution in [0.5, 0.6) is 5.75 Å². The van der Waals surface area contributed by atoms with Gasteiger partial charge in [-0.15, -0.1) is 5.10 Å². The highest BCUT2D eigenvalue weighted by Gasteiger charge is 2.22. The van der Waals surface area contributed by atoms with Gasteiger partial charge in [-0.25, -0.2) is 4.68 Å². The molecule has 0 spiro atoms. The van der Waals surface area contributed by atoms with Crippen LogP contribution in [0.25, 0.3) is 0 Å². The predicted octanol–water partition coefficient (Wildman–Crippen LogP) is 5.24. The second-order valence-corrected chi connectivity index (χ2v) is 9.39. The molecule has 0 bridgehead atoms. The highest BCUT2D eigenvalue weighted by molar-refractivity contribution is 5.83. The Bertz CT molecular complexity index is 1030. The summed E-state index contributed by atoms with van der Waals surface area (Å²) in [4.78, 5) is 13.1. The Morgan fingerprint density at radius 1 is 1.06 bits per heavy atom. The molecule has 0 radical (unpaired) electrons. The largest absolute Gasteiger partial charge is 0.493 e. The van der Waals surface area contributed by atoms with E-state index in [1.807, 2.05) is 72.4 Å². The molecule has 1 amide bonds. The van der Waals surface area contributed by atoms with Crippen molar-refractivity contribution in [2.24, 2.45) is 5.92 Å². The molecular formula is C27H34N4O2. The second-order valence-electron chi connectivity index (χ2n) is 9.39. The average molecular weight is 447 g/mol. The van der Waals surface area contributed by atoms with Crippen molar-refractivity contribution < 1.29 is 9.53 Å². The molecule has 33 heavy (non-hydrogen) atoms. The third-order valence-electron chi connectivity index (χ3n) is 6.52. The minimum Gasteiger partial charge on any atom is -0.493 e. The lowest BCUT2D eigenvalue weighted by atomic mass is 9.86. The first kappa shape index (κ1) is 23.0. The summed E-state index contributed by atoms with van der Waals surface area (Å²) in [6, 6.07) is 17.7. The number of rotatable bonds is 10. The SMILES string of the molecule is CC(C)c1cn(C[C@H](NC(=O)[C@@H](C)c2ccccc2)c2ccc(OCC3CCC3)cc2)nn1. The van der Waals surface area contributed by atoms with E-state index in [-0.39, 0.29) is 17.9 Å². The van der Waals surface area contributed by atoms with Crippen LogP contribution in [-0.4, -0.2) is 27.5 Å². The third kappa shape index (κ3) is 6.01. The molecule has 0 saturated heterocycles. The molecule has 6 heteroatoms. The van der Waals surface area contributed by atoms with Crippen molar-refractivity contribution in [3.8, 4) is 5.75 Å². The first-order chi connectivity index (χ1) is 16.0. The molecule has 0 unspecified atom stereocenters. The van der Waals surface area contributed by atoms with Crippen LogP contribution in [0.1, 0.15) is 74.7 Å². The summed E-state index contributed by atoms with van der Waals surface area (Å²) < 4.78 is 7.77. The molecule has 1 aliphatic carbocycles. The summed E-state index contributed by atoms with van der Waals surface area (Å²) >= 11 is 0. The van der Waals surface area contributed by atoms with E-state index in [1.165, 1.54) is 19.3 Å². The minimum absolute atomic E-state index is 0.0132. The van der Waals surface area contributed by atoms with Gasteiger partial charge in [-0.3, -0.25) is 4.79 Å². The van der Waals surface area contributed by atoms with Crippen LogP contribution >= 0.6 is 0 Å². The molecule has 2 atom stereocenters. The zero-order valence-corrected chi connectivity index (χ0v) is 19.8. The number of amides is 1. The van der Waals surface area contributed by atoms with E-state index in [2.05, 4.69) is 29.5 Å². The number of ether oxygens (including phenoxy) is 1. The third-order valence-corrected chi connectivity index (χ3v) is 6.52. The number of benzene rings is 2. The Morgan fingerprint density at radius 3 is 2.39 bits per heavy atom. The summed E-state index contributed by atoms with van der Waals surface area (Å²) in [7, 11) is 0. The van der Waals surface area contributed by atoms with Crippen LogP contribution in [-0.2, 0) is 11.3 Å². The van der Waals surface area contributed by atoms with E-state index in [0.29, 0.717) is 18.4 Å². The van der Waals surface area contributed by atoms with Gasteiger partial charge in [0, 0.05) is 6.20 Å². The molecule has 4 rings (SSSR count). The highest BCUT2D eigenvalue weighted by Crippen LogP contribution is 2.28. The monoisotopic (exact) mass is 446 g/mol. The van der Waals surface area contributed by atoms with Crippen LogP contribution in [0.4, 0.5) is 0 Å². The van der Waals surface area contributed by atoms with Crippen LogP contribution in [0, 0.1) is 5.92 Å². The van der Waals surface area contributed by atoms with E-state index >= 15 is 0 Å². The molecule has 1 heterocycles. The highest BCUT2D eigenvalue weighted by atomic mass is 16.5. The topological polar surface area (TPSA) is 69.0 Å². The minimum atomic E-state index is -0.249. The van der Waals surface area contributed by atoms with Gasteiger partial charge in [-0.1, -0.05) is 67.9 Å². The quantitative estimate of drug-likeness (QED) is 0.462. The number of hydrogen-bond acceptors (Lipinski definition) is 4. The van der Waals surface area contributed by atoms with Gasteiger partial charge in [-0.2, -0.15) is 0 Å². The maximum Gasteiger partial charge on any atom is 0.227 e. The Labute approximate surface area is 196 Å². The van der Waals surface area contributed by atoms with E-state index < -0.39 is 0 Å². The number of aromatic nitrogens is 3. The van der Waals surface area contributed by atoms with Crippen molar-refractivity contribution in [1.29, 1.82) is 0 Å². The van der Waals surface area contributed by atoms with E-state index in [0.717, 1.165) is 29.2 Å². The summed E-state index contributed by atoms with van der Waals surface area (Å²) in [5.74, 6) is 1.60. The van der Waals surface area contributed by atoms with Crippen molar-refractivity contribution in [2.45, 2.75) is 64.5 Å². The fraction of sp³-hybridized carbons (Fsp3) is 0.444. The molecule has 0 aliphatic heterocycles. The van der Waals surface area contributed by atoms with Crippen LogP contribution < -0.4 is 10.1 Å². The van der Waals surface area contributed by atoms with Gasteiger partial charge in [0.15, 0.2) is 0 Å². The summed E-state index contributed by atoms with van der Waals surface area (Å²) in [5, 5.41) is 11.8. The Balaban J connectivity index is 1.49. The summed E-state index contributed by atoms with van der Waals surface area (Å²) in [6.45, 7) is 7.42. The van der Waals surface area contributed by atoms with E-state index in [4.69, 9.17) is 4.74 Å². The van der Waals surface area contributed by atoms with Crippen molar-refractivity contribution in [3.05, 3.63) is 77.6 Å². The smallest absolute Gasteiger partial charge is 0.227 e. The van der Waals surface area contributed by atoms with Crippen LogP contribution in [0.3, 0.4) is 0 Å². The Kier molecular flexibility index (Phi) is 7.43. The number of hydrogen-bond donors (Lipinski definition) is 1. The lowest BCUT2D eigenvalue weighted by Gasteiger charge is -2.25. The van der Waals surface area contributed by atoms with Crippen molar-refractivity contribution >= 4 is 5.91 Å². The maximum absolute atomic E-state index is 13.1. The molecule has 2 aromatic carbocycles. The average Bonchev–Trinajstić information content (AvgIpc) is 3.27. The maximum atomic E-state index is 13.1. The first-order valence-electron chi connectivity index (χ1n) is 12.0. The van der Waals surface area contributed by atoms with Crippen LogP contribution in [0.15, 0.2) is 60.8 Å². The normalized spacial score (nSPS) is 15.6. The van der Waals surface area contributed by atoms with E-state index in [9.17, 15) is 4.79 Å². The van der Waals surface area contributed by atoms with Gasteiger partial charge in [0.05, 0.1) is 30.8 Å². The number of nitrogens with one attached hydrogen (secondary N) is 1. The number of nitrogens with zero attached hydrogens (tertiary/aromatic N) is 3. The Morgan fingerprint density at radius 2 is 1.79 bits per heavy atom. The second kappa shape index (κ2) is 10.6. The van der Waals surface area contributed by atoms with Gasteiger partial charge in [0.25, 0.3) is 0 Å². The fourth-order valence-electron chi connectivity index (χ4n) is 3.95. The summed E-state index contributed by atoms with van der Waals surface area (Å²) in [6.07, 6.45) is 5.81. The molecule has 3 aromatic rings. The van der Waals surface area contributed by atoms with E-state index in [1.54, 1.807) is 0 Å². The molecule has 174 valence electrons. The Hall–Kier alpha value is -3.15. The molecule has 1 fully saturated rings. The van der Waals surface area contributed by atoms with Gasteiger partial charge >= 0.3 is 0 Å². The van der Waals surface area contributed by atoms with Gasteiger partial charge in [-0.05, 0) is 54.9 Å². The summed E-state index contributed by atoms with van der Waals surface area (Å²) in [5.41, 5.74) is 2.95. The molecule has 6 nitrogen and oxygen atoms in total. The van der Waals surface area contributed by atoms with Gasteiger partial charge < -0.3 is 10.1 Å². The lowest BCUT2D eigenvalue weighted by molar-refractivity contribution is -0.123. The lowest BCUT2D eigenvalue weighted by Crippen LogP contribution is -2.34. The van der Waals surface area contributed by atoms with Crippen molar-refractivity contribution in [3.63, 3.8) is 0 Å². The molecular weight excluding hydrogens is 412 g/mol. The standard InChI is InChI=1S/C27H34N4O2/c1-19(2)25-16-31(30-29-25)17-26(28-27(32)20(3)22-10-5-4-6-11-22)23-12-14-24(15-13-23)33-18-21-8-7-9-21/h4-6,10-16,19-21,26H,7-9,17-18H2,1-3H3,(H,28,32)/t20-,26-/m0/s1. The molecule has 1 saturated carbocycles. The van der Waals surface area contributed by atoms with Crippen LogP contribution in [0.2, 0.25) is 0 Å². The molecule has 1 N–H and O–H groups in total. The predicted molar refractivity (Wildman–Crippen MR) is 129 cm³/mol. The molecule has 1 aromatic heterocycles.